The SMILES string of the molecule is CCc1nc2ccccc2n1-c1nc(-c2ccccc2)nc(-c2ccc3c(c2)C2c4ccccc4C3c3cc(-c4nc(-c5ccccc5)nc(-n5c(CC)nc6ccccc65)n4)ccc32)n1. The van der Waals surface area contributed by atoms with Gasteiger partial charge in [0.2, 0.25) is 11.9 Å². The third kappa shape index (κ3) is 5.95. The molecule has 10 nitrogen and oxygen atoms in total. The van der Waals surface area contributed by atoms with E-state index in [1.54, 1.807) is 0 Å². The lowest BCUT2D eigenvalue weighted by atomic mass is 9.61. The van der Waals surface area contributed by atoms with Gasteiger partial charge in [0, 0.05) is 46.9 Å². The maximum absolute atomic E-state index is 5.23. The lowest BCUT2D eigenvalue weighted by molar-refractivity contribution is 0.754. The fourth-order valence-electron chi connectivity index (χ4n) is 10.2. The van der Waals surface area contributed by atoms with Crippen LogP contribution in [0.25, 0.3) is 79.5 Å². The number of aryl methyl sites for hydroxylation is 2. The van der Waals surface area contributed by atoms with Gasteiger partial charge in [0.1, 0.15) is 11.6 Å². The van der Waals surface area contributed by atoms with E-state index in [4.69, 9.17) is 39.9 Å². The van der Waals surface area contributed by atoms with Gasteiger partial charge in [-0.25, -0.2) is 19.9 Å². The third-order valence-electron chi connectivity index (χ3n) is 13.2. The monoisotopic (exact) mass is 852 g/mol. The Labute approximate surface area is 380 Å². The summed E-state index contributed by atoms with van der Waals surface area (Å²) in [6, 6.07) is 59.1. The molecule has 0 aliphatic heterocycles. The van der Waals surface area contributed by atoms with Crippen LogP contribution in [0.5, 0.6) is 0 Å². The van der Waals surface area contributed by atoms with Crippen LogP contribution in [0, 0.1) is 0 Å². The summed E-state index contributed by atoms with van der Waals surface area (Å²) in [5, 5.41) is 0. The molecule has 2 atom stereocenters. The van der Waals surface area contributed by atoms with Crippen LogP contribution in [0.1, 0.15) is 70.7 Å². The van der Waals surface area contributed by atoms with Crippen molar-refractivity contribution in [3.05, 3.63) is 215 Å². The summed E-state index contributed by atoms with van der Waals surface area (Å²) in [7, 11) is 0. The normalized spacial score (nSPS) is 14.6. The van der Waals surface area contributed by atoms with Crippen LogP contribution in [0.15, 0.2) is 170 Å². The number of imidazole rings is 2. The minimum absolute atomic E-state index is 0.00242. The number of para-hydroxylation sites is 4. The molecule has 314 valence electrons. The van der Waals surface area contributed by atoms with E-state index in [0.717, 1.165) is 68.8 Å². The van der Waals surface area contributed by atoms with Gasteiger partial charge in [-0.15, -0.1) is 0 Å². The quantitative estimate of drug-likeness (QED) is 0.148. The molecule has 0 fully saturated rings. The maximum atomic E-state index is 5.23. The Hall–Kier alpha value is -8.50. The van der Waals surface area contributed by atoms with Gasteiger partial charge >= 0.3 is 0 Å². The number of rotatable bonds is 8. The number of fused-ring (bicyclic) bond motifs is 2. The topological polar surface area (TPSA) is 113 Å². The number of benzene rings is 7. The predicted molar refractivity (Wildman–Crippen MR) is 258 cm³/mol. The van der Waals surface area contributed by atoms with Gasteiger partial charge in [-0.2, -0.15) is 19.9 Å². The lowest BCUT2D eigenvalue weighted by Gasteiger charge is -2.42. The first-order valence-corrected chi connectivity index (χ1v) is 22.6. The van der Waals surface area contributed by atoms with Crippen LogP contribution in [0.3, 0.4) is 0 Å². The standard InChI is InChI=1S/C56H40N10/c1-3-47-57-43-23-13-15-25-45(43)65(47)55-61-51(33-17-7-5-8-18-33)59-53(63-55)35-27-29-39-41(31-35)49-37-21-11-12-22-38(37)50(39)42-32-36(28-30-40(42)49)54-60-52(34-19-9-6-10-20-34)62-56(64-54)66-46-26-16-14-24-44(46)58-48(66)4-2/h5-32,49-50H,3-4H2,1-2H3. The molecule has 4 heterocycles. The van der Waals surface area contributed by atoms with Crippen LogP contribution in [-0.4, -0.2) is 49.0 Å². The summed E-state index contributed by atoms with van der Waals surface area (Å²) in [5.74, 6) is 5.36. The zero-order valence-electron chi connectivity index (χ0n) is 36.2. The van der Waals surface area contributed by atoms with Crippen LogP contribution < -0.4 is 0 Å². The molecule has 66 heavy (non-hydrogen) atoms. The third-order valence-corrected chi connectivity index (χ3v) is 13.2. The lowest BCUT2D eigenvalue weighted by Crippen LogP contribution is -2.27. The zero-order chi connectivity index (χ0) is 43.9. The Morgan fingerprint density at radius 3 is 1.12 bits per heavy atom. The minimum atomic E-state index is 0.00242. The van der Waals surface area contributed by atoms with Crippen molar-refractivity contribution in [1.29, 1.82) is 0 Å². The van der Waals surface area contributed by atoms with E-state index < -0.39 is 0 Å². The van der Waals surface area contributed by atoms with E-state index in [0.29, 0.717) is 35.2 Å². The summed E-state index contributed by atoms with van der Waals surface area (Å²) in [5.41, 5.74) is 15.2. The second-order valence-corrected chi connectivity index (χ2v) is 16.9. The molecule has 0 amide bonds. The summed E-state index contributed by atoms with van der Waals surface area (Å²) >= 11 is 0. The number of hydrogen-bond donors (Lipinski definition) is 0. The predicted octanol–water partition coefficient (Wildman–Crippen LogP) is 11.5. The van der Waals surface area contributed by atoms with Gasteiger partial charge < -0.3 is 0 Å². The molecule has 10 heteroatoms. The second-order valence-electron chi connectivity index (χ2n) is 16.9. The highest BCUT2D eigenvalue weighted by Gasteiger charge is 2.41. The Kier molecular flexibility index (Phi) is 8.67. The summed E-state index contributed by atoms with van der Waals surface area (Å²) in [4.78, 5) is 40.9. The fourth-order valence-corrected chi connectivity index (χ4v) is 10.2. The van der Waals surface area contributed by atoms with Crippen molar-refractivity contribution < 1.29 is 0 Å². The van der Waals surface area contributed by atoms with Crippen molar-refractivity contribution in [2.24, 2.45) is 0 Å². The molecule has 2 bridgehead atoms. The Morgan fingerprint density at radius 2 is 0.697 bits per heavy atom. The molecule has 2 unspecified atom stereocenters. The second kappa shape index (κ2) is 15.1. The van der Waals surface area contributed by atoms with Crippen LogP contribution >= 0.6 is 0 Å². The molecule has 3 aliphatic carbocycles. The molecular formula is C56H40N10. The van der Waals surface area contributed by atoms with E-state index in [9.17, 15) is 0 Å². The van der Waals surface area contributed by atoms with Gasteiger partial charge in [-0.3, -0.25) is 9.13 Å². The molecule has 0 saturated heterocycles. The van der Waals surface area contributed by atoms with E-state index in [-0.39, 0.29) is 11.8 Å². The summed E-state index contributed by atoms with van der Waals surface area (Å²) < 4.78 is 4.16. The first-order chi connectivity index (χ1) is 32.6. The smallest absolute Gasteiger partial charge is 0.239 e. The number of nitrogens with zero attached hydrogens (tertiary/aromatic N) is 10. The molecule has 0 spiro atoms. The minimum Gasteiger partial charge on any atom is -0.264 e. The Balaban J connectivity index is 0.960. The molecule has 4 aromatic heterocycles. The number of hydrogen-bond acceptors (Lipinski definition) is 8. The average Bonchev–Trinajstić information content (AvgIpc) is 3.97. The number of aromatic nitrogens is 10. The van der Waals surface area contributed by atoms with Gasteiger partial charge in [-0.05, 0) is 69.8 Å². The van der Waals surface area contributed by atoms with Crippen molar-refractivity contribution >= 4 is 22.1 Å². The molecule has 14 rings (SSSR count). The van der Waals surface area contributed by atoms with Gasteiger partial charge in [0.25, 0.3) is 0 Å². The van der Waals surface area contributed by atoms with Crippen molar-refractivity contribution in [2.45, 2.75) is 38.5 Å². The van der Waals surface area contributed by atoms with Crippen molar-refractivity contribution in [2.75, 3.05) is 0 Å². The molecule has 0 radical (unpaired) electrons. The molecule has 3 aliphatic rings. The van der Waals surface area contributed by atoms with E-state index >= 15 is 0 Å². The van der Waals surface area contributed by atoms with E-state index in [1.807, 2.05) is 97.1 Å². The van der Waals surface area contributed by atoms with Crippen molar-refractivity contribution in [3.63, 3.8) is 0 Å². The first kappa shape index (κ1) is 38.0. The molecule has 7 aromatic carbocycles. The molecule has 11 aromatic rings. The van der Waals surface area contributed by atoms with Crippen LogP contribution in [0.2, 0.25) is 0 Å². The van der Waals surface area contributed by atoms with Crippen LogP contribution in [-0.2, 0) is 12.8 Å². The highest BCUT2D eigenvalue weighted by Crippen LogP contribution is 2.56. The Morgan fingerprint density at radius 1 is 0.333 bits per heavy atom. The highest BCUT2D eigenvalue weighted by molar-refractivity contribution is 5.80. The average molecular weight is 853 g/mol. The maximum Gasteiger partial charge on any atom is 0.239 e. The van der Waals surface area contributed by atoms with Crippen molar-refractivity contribution in [3.8, 4) is 57.4 Å². The van der Waals surface area contributed by atoms with Crippen LogP contribution in [0.4, 0.5) is 0 Å². The van der Waals surface area contributed by atoms with Gasteiger partial charge in [0.15, 0.2) is 23.3 Å². The van der Waals surface area contributed by atoms with E-state index in [1.165, 1.54) is 33.4 Å². The largest absolute Gasteiger partial charge is 0.264 e. The highest BCUT2D eigenvalue weighted by atomic mass is 15.2. The molecule has 0 saturated carbocycles. The molecule has 0 N–H and O–H groups in total. The summed E-state index contributed by atoms with van der Waals surface area (Å²) in [6.45, 7) is 4.23. The van der Waals surface area contributed by atoms with Crippen molar-refractivity contribution in [1.82, 2.24) is 49.0 Å². The fraction of sp³-hybridized carbons (Fsp3) is 0.107. The summed E-state index contributed by atoms with van der Waals surface area (Å²) in [6.07, 6.45) is 1.45. The van der Waals surface area contributed by atoms with Gasteiger partial charge in [-0.1, -0.05) is 147 Å². The first-order valence-electron chi connectivity index (χ1n) is 22.6. The Bertz CT molecular complexity index is 3460. The van der Waals surface area contributed by atoms with Gasteiger partial charge in [0.05, 0.1) is 22.1 Å². The molecular weight excluding hydrogens is 813 g/mol. The van der Waals surface area contributed by atoms with E-state index in [2.05, 4.69) is 95.8 Å². The zero-order valence-corrected chi connectivity index (χ0v) is 36.2.